The van der Waals surface area contributed by atoms with Gasteiger partial charge in [0.15, 0.2) is 5.78 Å². The number of likely N-dealkylation sites (N-methyl/N-ethyl adjacent to an activating group) is 1. The first-order chi connectivity index (χ1) is 11.4. The summed E-state index contributed by atoms with van der Waals surface area (Å²) in [4.78, 5) is 24.3. The molecule has 0 unspecified atom stereocenters. The summed E-state index contributed by atoms with van der Waals surface area (Å²) in [7, 11) is 0. The lowest BCUT2D eigenvalue weighted by molar-refractivity contribution is -0.933. The first kappa shape index (κ1) is 20.4. The summed E-state index contributed by atoms with van der Waals surface area (Å²) in [6.07, 6.45) is 1.66. The molecule has 0 fully saturated rings. The van der Waals surface area contributed by atoms with Crippen molar-refractivity contribution in [3.63, 3.8) is 0 Å². The van der Waals surface area contributed by atoms with Gasteiger partial charge in [-0.3, -0.25) is 14.1 Å². The number of hydrogen-bond donors (Lipinski definition) is 0. The number of nitrogens with zero attached hydrogens (tertiary/aromatic N) is 1. The van der Waals surface area contributed by atoms with E-state index in [0.29, 0.717) is 23.9 Å². The third kappa shape index (κ3) is 5.75. The van der Waals surface area contributed by atoms with E-state index in [1.807, 2.05) is 52.8 Å². The van der Waals surface area contributed by atoms with Gasteiger partial charge in [0.1, 0.15) is 6.54 Å². The van der Waals surface area contributed by atoms with Crippen LogP contribution in [0.1, 0.15) is 50.3 Å². The van der Waals surface area contributed by atoms with Crippen LogP contribution >= 0.6 is 0 Å². The van der Waals surface area contributed by atoms with E-state index in [0.717, 1.165) is 36.2 Å². The van der Waals surface area contributed by atoms with Crippen LogP contribution in [0.25, 0.3) is 0 Å². The second kappa shape index (κ2) is 9.58. The first-order valence-corrected chi connectivity index (χ1v) is 8.95. The molecular weight excluding hydrogens is 302 g/mol. The number of ether oxygens (including phenoxy) is 1. The number of aryl methyl sites for hydroxylation is 2. The van der Waals surface area contributed by atoms with E-state index in [9.17, 15) is 9.59 Å². The van der Waals surface area contributed by atoms with Crippen molar-refractivity contribution in [1.29, 1.82) is 0 Å². The number of carbonyl (C=O) groups excluding carboxylic acids is 2. The Labute approximate surface area is 146 Å². The molecule has 0 N–H and O–H groups in total. The maximum absolute atomic E-state index is 12.7. The summed E-state index contributed by atoms with van der Waals surface area (Å²) in [6, 6.07) is 6.11. The van der Waals surface area contributed by atoms with E-state index in [1.165, 1.54) is 0 Å². The summed E-state index contributed by atoms with van der Waals surface area (Å²) in [5.41, 5.74) is 3.43. The Balaban J connectivity index is 2.76. The zero-order chi connectivity index (χ0) is 18.2. The second-order valence-electron chi connectivity index (χ2n) is 6.61. The fourth-order valence-corrected chi connectivity index (χ4v) is 2.92. The van der Waals surface area contributed by atoms with Crippen molar-refractivity contribution in [3.8, 4) is 0 Å². The monoisotopic (exact) mass is 334 g/mol. The number of carbonyl (C=O) groups is 2. The molecule has 134 valence electrons. The van der Waals surface area contributed by atoms with Gasteiger partial charge in [0.25, 0.3) is 0 Å². The number of benzene rings is 1. The zero-order valence-electron chi connectivity index (χ0n) is 15.9. The fraction of sp³-hybridized carbons (Fsp3) is 0.600. The number of esters is 1. The molecule has 4 heteroatoms. The van der Waals surface area contributed by atoms with Crippen LogP contribution in [0.15, 0.2) is 18.2 Å². The molecule has 0 aliphatic heterocycles. The van der Waals surface area contributed by atoms with Crippen molar-refractivity contribution >= 4 is 11.8 Å². The molecule has 0 heterocycles. The van der Waals surface area contributed by atoms with Crippen molar-refractivity contribution in [3.05, 3.63) is 34.9 Å². The van der Waals surface area contributed by atoms with Crippen LogP contribution < -0.4 is 0 Å². The van der Waals surface area contributed by atoms with Crippen LogP contribution in [0.4, 0.5) is 0 Å². The van der Waals surface area contributed by atoms with E-state index in [4.69, 9.17) is 4.74 Å². The summed E-state index contributed by atoms with van der Waals surface area (Å²) >= 11 is 0. The third-order valence-electron chi connectivity index (χ3n) is 4.83. The lowest BCUT2D eigenvalue weighted by atomic mass is 9.98. The molecule has 0 aromatic heterocycles. The summed E-state index contributed by atoms with van der Waals surface area (Å²) in [6.45, 7) is 12.4. The molecule has 0 radical (unpaired) electrons. The lowest BCUT2D eigenvalue weighted by Gasteiger charge is -2.35. The Morgan fingerprint density at radius 3 is 2.12 bits per heavy atom. The van der Waals surface area contributed by atoms with Crippen LogP contribution in [0.5, 0.6) is 0 Å². The Morgan fingerprint density at radius 2 is 1.62 bits per heavy atom. The SMILES string of the molecule is CCCC(=O)OC[N+](CC)(CC)CC(=O)Cc1c(C)cccc1C. The lowest BCUT2D eigenvalue weighted by Crippen LogP contribution is -2.53. The smallest absolute Gasteiger partial charge is 0.310 e. The number of hydrogen-bond acceptors (Lipinski definition) is 3. The van der Waals surface area contributed by atoms with Crippen LogP contribution in [-0.2, 0) is 20.7 Å². The van der Waals surface area contributed by atoms with E-state index < -0.39 is 0 Å². The van der Waals surface area contributed by atoms with E-state index in [-0.39, 0.29) is 18.5 Å². The molecule has 0 bridgehead atoms. The normalized spacial score (nSPS) is 11.4. The highest BCUT2D eigenvalue weighted by Crippen LogP contribution is 2.16. The number of ketones is 1. The van der Waals surface area contributed by atoms with Gasteiger partial charge in [0, 0.05) is 12.8 Å². The molecule has 24 heavy (non-hydrogen) atoms. The van der Waals surface area contributed by atoms with Crippen LogP contribution in [0, 0.1) is 13.8 Å². The average Bonchev–Trinajstić information content (AvgIpc) is 2.55. The Kier molecular flexibility index (Phi) is 8.13. The minimum atomic E-state index is -0.177. The highest BCUT2D eigenvalue weighted by atomic mass is 16.5. The highest BCUT2D eigenvalue weighted by molar-refractivity contribution is 5.82. The average molecular weight is 334 g/mol. The summed E-state index contributed by atoms with van der Waals surface area (Å²) < 4.78 is 5.91. The minimum Gasteiger partial charge on any atom is -0.415 e. The number of rotatable bonds is 10. The molecule has 0 atom stereocenters. The van der Waals surface area contributed by atoms with Crippen molar-refractivity contribution in [2.24, 2.45) is 0 Å². The number of quaternary nitrogens is 1. The van der Waals surface area contributed by atoms with Crippen molar-refractivity contribution in [1.82, 2.24) is 0 Å². The first-order valence-electron chi connectivity index (χ1n) is 8.95. The fourth-order valence-electron chi connectivity index (χ4n) is 2.92. The standard InChI is InChI=1S/C20H32NO3/c1-6-10-20(23)24-15-21(7-2,8-3)14-18(22)13-19-16(4)11-9-12-17(19)5/h9,11-12H,6-8,10,13-15H2,1-5H3/q+1. The molecular formula is C20H32NO3+. The second-order valence-corrected chi connectivity index (χ2v) is 6.61. The quantitative estimate of drug-likeness (QED) is 0.373. The van der Waals surface area contributed by atoms with E-state index >= 15 is 0 Å². The molecule has 1 aromatic carbocycles. The predicted molar refractivity (Wildman–Crippen MR) is 96.7 cm³/mol. The largest absolute Gasteiger partial charge is 0.415 e. The van der Waals surface area contributed by atoms with Gasteiger partial charge in [-0.15, -0.1) is 0 Å². The van der Waals surface area contributed by atoms with Gasteiger partial charge in [0.05, 0.1) is 13.1 Å². The Morgan fingerprint density at radius 1 is 1.04 bits per heavy atom. The number of Topliss-reactive ketones (excluding diaryl/α,β-unsaturated/α-hetero) is 1. The molecule has 0 saturated carbocycles. The van der Waals surface area contributed by atoms with Gasteiger partial charge in [-0.1, -0.05) is 25.1 Å². The summed E-state index contributed by atoms with van der Waals surface area (Å²) in [5, 5.41) is 0. The van der Waals surface area contributed by atoms with Crippen molar-refractivity contribution in [2.45, 2.75) is 53.9 Å². The van der Waals surface area contributed by atoms with Gasteiger partial charge in [0.2, 0.25) is 6.73 Å². The minimum absolute atomic E-state index is 0.177. The molecule has 0 aliphatic carbocycles. The predicted octanol–water partition coefficient (Wildman–Crippen LogP) is 3.57. The third-order valence-corrected chi connectivity index (χ3v) is 4.83. The summed E-state index contributed by atoms with van der Waals surface area (Å²) in [5.74, 6) is 0.0201. The van der Waals surface area contributed by atoms with Gasteiger partial charge in [-0.25, -0.2) is 0 Å². The van der Waals surface area contributed by atoms with Crippen molar-refractivity contribution in [2.75, 3.05) is 26.4 Å². The van der Waals surface area contributed by atoms with E-state index in [1.54, 1.807) is 0 Å². The Hall–Kier alpha value is -1.68. The van der Waals surface area contributed by atoms with Crippen LogP contribution in [-0.4, -0.2) is 42.6 Å². The van der Waals surface area contributed by atoms with Gasteiger partial charge in [-0.2, -0.15) is 0 Å². The maximum Gasteiger partial charge on any atom is 0.310 e. The van der Waals surface area contributed by atoms with Crippen LogP contribution in [0.3, 0.4) is 0 Å². The maximum atomic E-state index is 12.7. The van der Waals surface area contributed by atoms with Gasteiger partial charge >= 0.3 is 5.97 Å². The zero-order valence-corrected chi connectivity index (χ0v) is 15.9. The van der Waals surface area contributed by atoms with Gasteiger partial charge < -0.3 is 4.74 Å². The topological polar surface area (TPSA) is 43.4 Å². The molecule has 0 saturated heterocycles. The molecule has 0 spiro atoms. The highest BCUT2D eigenvalue weighted by Gasteiger charge is 2.28. The van der Waals surface area contributed by atoms with Crippen LogP contribution in [0.2, 0.25) is 0 Å². The molecule has 0 amide bonds. The van der Waals surface area contributed by atoms with Crippen molar-refractivity contribution < 1.29 is 18.8 Å². The molecule has 1 rings (SSSR count). The van der Waals surface area contributed by atoms with Gasteiger partial charge in [-0.05, 0) is 50.8 Å². The molecule has 1 aromatic rings. The molecule has 0 aliphatic rings. The van der Waals surface area contributed by atoms with E-state index in [2.05, 4.69) is 0 Å². The Bertz CT molecular complexity index is 542. The molecule has 4 nitrogen and oxygen atoms in total.